The van der Waals surface area contributed by atoms with E-state index in [9.17, 15) is 13.2 Å². The number of ether oxygens (including phenoxy) is 2. The number of alkyl halides is 3. The molecular weight excluding hydrogens is 484 g/mol. The van der Waals surface area contributed by atoms with Crippen LogP contribution in [0.4, 0.5) is 13.2 Å². The molecule has 1 aliphatic heterocycles. The molecule has 150 valence electrons. The Morgan fingerprint density at radius 1 is 1.46 bits per heavy atom. The molecule has 1 unspecified atom stereocenters. The summed E-state index contributed by atoms with van der Waals surface area (Å²) in [5, 5.41) is 7.53. The predicted molar refractivity (Wildman–Crippen MR) is 105 cm³/mol. The van der Waals surface area contributed by atoms with Crippen molar-refractivity contribution in [3.05, 3.63) is 16.1 Å². The minimum atomic E-state index is -4.41. The third-order valence-electron chi connectivity index (χ3n) is 3.41. The maximum Gasteiger partial charge on any atom is 0.434 e. The first-order valence-corrected chi connectivity index (χ1v) is 9.10. The zero-order valence-electron chi connectivity index (χ0n) is 14.5. The molecule has 26 heavy (non-hydrogen) atoms. The summed E-state index contributed by atoms with van der Waals surface area (Å²) in [7, 11) is 0. The first-order valence-electron chi connectivity index (χ1n) is 8.22. The molecule has 6 nitrogen and oxygen atoms in total. The Labute approximate surface area is 172 Å². The SMILES string of the molecule is CCNC(=NCc1nc(C(F)(F)F)cs1)NCCCOC1CCOC1.I. The van der Waals surface area contributed by atoms with Crippen molar-refractivity contribution in [2.45, 2.75) is 38.6 Å². The standard InChI is InChI=1S/C15H23F3N4O2S.HI/c1-2-19-14(20-5-3-6-24-11-4-7-23-9-11)21-8-13-22-12(10-25-13)15(16,17)18;/h10-11H,2-9H2,1H3,(H2,19,20,21);1H. The van der Waals surface area contributed by atoms with Crippen LogP contribution in [0.1, 0.15) is 30.5 Å². The molecule has 2 rings (SSSR count). The fourth-order valence-electron chi connectivity index (χ4n) is 2.18. The summed E-state index contributed by atoms with van der Waals surface area (Å²) in [6.07, 6.45) is -2.48. The Morgan fingerprint density at radius 2 is 2.27 bits per heavy atom. The van der Waals surface area contributed by atoms with E-state index in [-0.39, 0.29) is 36.6 Å². The van der Waals surface area contributed by atoms with E-state index in [4.69, 9.17) is 9.47 Å². The van der Waals surface area contributed by atoms with Gasteiger partial charge in [0.2, 0.25) is 0 Å². The molecule has 1 fully saturated rings. The van der Waals surface area contributed by atoms with Gasteiger partial charge in [-0.2, -0.15) is 13.2 Å². The van der Waals surface area contributed by atoms with Gasteiger partial charge in [0, 0.05) is 31.7 Å². The lowest BCUT2D eigenvalue weighted by molar-refractivity contribution is -0.140. The Hall–Kier alpha value is -0.660. The van der Waals surface area contributed by atoms with E-state index in [2.05, 4.69) is 20.6 Å². The van der Waals surface area contributed by atoms with Gasteiger partial charge in [-0.3, -0.25) is 0 Å². The number of rotatable bonds is 8. The van der Waals surface area contributed by atoms with Crippen molar-refractivity contribution in [1.82, 2.24) is 15.6 Å². The molecular formula is C15H24F3IN4O2S. The second-order valence-electron chi connectivity index (χ2n) is 5.46. The number of nitrogens with zero attached hydrogens (tertiary/aromatic N) is 2. The van der Waals surface area contributed by atoms with Crippen LogP contribution in [0.5, 0.6) is 0 Å². The third kappa shape index (κ3) is 8.35. The second-order valence-corrected chi connectivity index (χ2v) is 6.40. The molecule has 1 aromatic heterocycles. The average Bonchev–Trinajstić information content (AvgIpc) is 3.23. The largest absolute Gasteiger partial charge is 0.434 e. The summed E-state index contributed by atoms with van der Waals surface area (Å²) in [6, 6.07) is 0. The number of halogens is 4. The molecule has 1 atom stereocenters. The highest BCUT2D eigenvalue weighted by Crippen LogP contribution is 2.30. The van der Waals surface area contributed by atoms with Crippen molar-refractivity contribution in [2.24, 2.45) is 4.99 Å². The minimum Gasteiger partial charge on any atom is -0.379 e. The number of thiazole rings is 1. The van der Waals surface area contributed by atoms with Gasteiger partial charge >= 0.3 is 6.18 Å². The third-order valence-corrected chi connectivity index (χ3v) is 4.25. The lowest BCUT2D eigenvalue weighted by atomic mass is 10.3. The Balaban J connectivity index is 0.00000338. The van der Waals surface area contributed by atoms with Crippen LogP contribution in [-0.4, -0.2) is 50.0 Å². The Bertz CT molecular complexity index is 551. The molecule has 0 bridgehead atoms. The summed E-state index contributed by atoms with van der Waals surface area (Å²) >= 11 is 0.957. The molecule has 0 aliphatic carbocycles. The van der Waals surface area contributed by atoms with Crippen molar-refractivity contribution in [3.8, 4) is 0 Å². The average molecular weight is 508 g/mol. The predicted octanol–water partition coefficient (Wildman–Crippen LogP) is 3.03. The number of guanidine groups is 1. The summed E-state index contributed by atoms with van der Waals surface area (Å²) in [5.41, 5.74) is -0.867. The lowest BCUT2D eigenvalue weighted by Gasteiger charge is -2.12. The number of nitrogens with one attached hydrogen (secondary N) is 2. The van der Waals surface area contributed by atoms with Gasteiger partial charge in [-0.25, -0.2) is 9.98 Å². The highest BCUT2D eigenvalue weighted by molar-refractivity contribution is 14.0. The van der Waals surface area contributed by atoms with E-state index in [0.717, 1.165) is 36.2 Å². The topological polar surface area (TPSA) is 67.8 Å². The number of aromatic nitrogens is 1. The van der Waals surface area contributed by atoms with Gasteiger partial charge in [-0.05, 0) is 19.8 Å². The highest BCUT2D eigenvalue weighted by Gasteiger charge is 2.33. The van der Waals surface area contributed by atoms with Crippen LogP contribution in [0.2, 0.25) is 0 Å². The van der Waals surface area contributed by atoms with Gasteiger partial charge in [-0.1, -0.05) is 0 Å². The van der Waals surface area contributed by atoms with Crippen LogP contribution in [0.3, 0.4) is 0 Å². The molecule has 0 saturated carbocycles. The molecule has 0 amide bonds. The minimum absolute atomic E-state index is 0. The molecule has 1 aromatic rings. The van der Waals surface area contributed by atoms with Crippen molar-refractivity contribution in [3.63, 3.8) is 0 Å². The maximum atomic E-state index is 12.5. The first-order chi connectivity index (χ1) is 12.0. The molecule has 1 aliphatic rings. The summed E-state index contributed by atoms with van der Waals surface area (Å²) < 4.78 is 48.5. The zero-order valence-corrected chi connectivity index (χ0v) is 17.6. The van der Waals surface area contributed by atoms with E-state index in [1.165, 1.54) is 0 Å². The molecule has 0 radical (unpaired) electrons. The lowest BCUT2D eigenvalue weighted by Crippen LogP contribution is -2.38. The quantitative estimate of drug-likeness (QED) is 0.245. The second kappa shape index (κ2) is 11.9. The van der Waals surface area contributed by atoms with Crippen LogP contribution >= 0.6 is 35.3 Å². The normalized spacial score (nSPS) is 17.8. The number of hydrogen-bond donors (Lipinski definition) is 2. The Kier molecular flexibility index (Phi) is 10.7. The van der Waals surface area contributed by atoms with Crippen LogP contribution < -0.4 is 10.6 Å². The summed E-state index contributed by atoms with van der Waals surface area (Å²) in [6.45, 7) is 5.39. The smallest absolute Gasteiger partial charge is 0.379 e. The zero-order chi connectivity index (χ0) is 18.1. The van der Waals surface area contributed by atoms with E-state index in [0.29, 0.717) is 37.3 Å². The first kappa shape index (κ1) is 23.4. The van der Waals surface area contributed by atoms with Gasteiger partial charge in [0.05, 0.1) is 19.3 Å². The summed E-state index contributed by atoms with van der Waals surface area (Å²) in [4.78, 5) is 7.83. The van der Waals surface area contributed by atoms with E-state index >= 15 is 0 Å². The van der Waals surface area contributed by atoms with Gasteiger partial charge in [-0.15, -0.1) is 35.3 Å². The van der Waals surface area contributed by atoms with Crippen molar-refractivity contribution >= 4 is 41.3 Å². The van der Waals surface area contributed by atoms with E-state index in [1.807, 2.05) is 6.92 Å². The van der Waals surface area contributed by atoms with Crippen LogP contribution in [-0.2, 0) is 22.2 Å². The summed E-state index contributed by atoms with van der Waals surface area (Å²) in [5.74, 6) is 0.551. The number of hydrogen-bond acceptors (Lipinski definition) is 5. The van der Waals surface area contributed by atoms with E-state index < -0.39 is 11.9 Å². The van der Waals surface area contributed by atoms with Crippen LogP contribution in [0.25, 0.3) is 0 Å². The molecule has 0 spiro atoms. The van der Waals surface area contributed by atoms with Crippen molar-refractivity contribution < 1.29 is 22.6 Å². The Morgan fingerprint density at radius 3 is 2.88 bits per heavy atom. The monoisotopic (exact) mass is 508 g/mol. The fourth-order valence-corrected chi connectivity index (χ4v) is 2.90. The maximum absolute atomic E-state index is 12.5. The van der Waals surface area contributed by atoms with Gasteiger partial charge in [0.15, 0.2) is 11.7 Å². The van der Waals surface area contributed by atoms with Crippen molar-refractivity contribution in [2.75, 3.05) is 32.9 Å². The van der Waals surface area contributed by atoms with Gasteiger partial charge in [0.25, 0.3) is 0 Å². The van der Waals surface area contributed by atoms with Crippen LogP contribution in [0.15, 0.2) is 10.4 Å². The molecule has 0 aromatic carbocycles. The highest BCUT2D eigenvalue weighted by atomic mass is 127. The van der Waals surface area contributed by atoms with Crippen molar-refractivity contribution in [1.29, 1.82) is 0 Å². The van der Waals surface area contributed by atoms with Gasteiger partial charge < -0.3 is 20.1 Å². The van der Waals surface area contributed by atoms with E-state index in [1.54, 1.807) is 0 Å². The molecule has 2 N–H and O–H groups in total. The number of aliphatic imine (C=N–C) groups is 1. The van der Waals surface area contributed by atoms with Crippen LogP contribution in [0, 0.1) is 0 Å². The fraction of sp³-hybridized carbons (Fsp3) is 0.733. The molecule has 1 saturated heterocycles. The molecule has 11 heteroatoms. The molecule has 2 heterocycles. The van der Waals surface area contributed by atoms with Gasteiger partial charge in [0.1, 0.15) is 5.01 Å².